The van der Waals surface area contributed by atoms with Gasteiger partial charge < -0.3 is 0 Å². The molecule has 2 rings (SSSR count). The van der Waals surface area contributed by atoms with Gasteiger partial charge in [0.05, 0.1) is 18.1 Å². The van der Waals surface area contributed by atoms with Gasteiger partial charge in [-0.15, -0.1) is 0 Å². The zero-order chi connectivity index (χ0) is 9.97. The molecule has 14 heavy (non-hydrogen) atoms. The Balaban J connectivity index is 2.64. The molecule has 0 amide bonds. The number of aromatic amines is 1. The van der Waals surface area contributed by atoms with Crippen LogP contribution in [-0.2, 0) is 0 Å². The highest BCUT2D eigenvalue weighted by Crippen LogP contribution is 2.01. The van der Waals surface area contributed by atoms with E-state index in [4.69, 9.17) is 12.2 Å². The number of H-pyrrole nitrogens is 1. The van der Waals surface area contributed by atoms with Crippen molar-refractivity contribution in [2.75, 3.05) is 0 Å². The van der Waals surface area contributed by atoms with Crippen LogP contribution in [0.3, 0.4) is 0 Å². The Hall–Kier alpha value is -1.82. The summed E-state index contributed by atoms with van der Waals surface area (Å²) in [5.41, 5.74) is 0.497. The summed E-state index contributed by atoms with van der Waals surface area (Å²) in [6.45, 7) is 0. The summed E-state index contributed by atoms with van der Waals surface area (Å²) in [6.07, 6.45) is 6.24. The summed E-state index contributed by atoms with van der Waals surface area (Å²) in [5.74, 6) is 0. The average molecular weight is 206 g/mol. The molecule has 0 spiro atoms. The third-order valence-corrected chi connectivity index (χ3v) is 1.95. The molecule has 2 heterocycles. The second kappa shape index (κ2) is 3.51. The van der Waals surface area contributed by atoms with Crippen LogP contribution < -0.4 is 5.56 Å². The smallest absolute Gasteiger partial charge is 0.251 e. The number of hydrogen-bond donors (Lipinski definition) is 1. The minimum absolute atomic E-state index is 0.219. The molecule has 0 unspecified atom stereocenters. The molecule has 0 atom stereocenters. The molecule has 5 nitrogen and oxygen atoms in total. The molecule has 0 aliphatic heterocycles. The van der Waals surface area contributed by atoms with E-state index in [-0.39, 0.29) is 5.56 Å². The van der Waals surface area contributed by atoms with Gasteiger partial charge in [0.1, 0.15) is 6.33 Å². The van der Waals surface area contributed by atoms with Crippen molar-refractivity contribution in [3.05, 3.63) is 46.1 Å². The Morgan fingerprint density at radius 1 is 1.36 bits per heavy atom. The van der Waals surface area contributed by atoms with Gasteiger partial charge in [-0.25, -0.2) is 9.97 Å². The van der Waals surface area contributed by atoms with Crippen molar-refractivity contribution in [1.82, 2.24) is 19.5 Å². The number of rotatable bonds is 1. The molecule has 2 aromatic rings. The number of hydrogen-bond acceptors (Lipinski definition) is 4. The van der Waals surface area contributed by atoms with Gasteiger partial charge in [0, 0.05) is 12.3 Å². The number of nitrogens with zero attached hydrogens (tertiary/aromatic N) is 3. The van der Waals surface area contributed by atoms with Crippen LogP contribution in [0.25, 0.3) is 5.69 Å². The lowest BCUT2D eigenvalue weighted by Gasteiger charge is -2.03. The summed E-state index contributed by atoms with van der Waals surface area (Å²) in [5, 5.41) is 0. The average Bonchev–Trinajstić information content (AvgIpc) is 2.19. The Morgan fingerprint density at radius 3 is 2.71 bits per heavy atom. The van der Waals surface area contributed by atoms with E-state index < -0.39 is 0 Å². The van der Waals surface area contributed by atoms with Gasteiger partial charge in [0.15, 0.2) is 4.77 Å². The number of aromatic nitrogens is 4. The van der Waals surface area contributed by atoms with Gasteiger partial charge in [-0.3, -0.25) is 14.3 Å². The number of nitrogens with one attached hydrogen (secondary N) is 1. The van der Waals surface area contributed by atoms with E-state index in [0.717, 1.165) is 0 Å². The third-order valence-electron chi connectivity index (χ3n) is 1.65. The van der Waals surface area contributed by atoms with Crippen molar-refractivity contribution in [3.8, 4) is 5.69 Å². The lowest BCUT2D eigenvalue weighted by molar-refractivity contribution is 0.918. The van der Waals surface area contributed by atoms with Crippen LogP contribution in [0, 0.1) is 4.77 Å². The highest BCUT2D eigenvalue weighted by atomic mass is 32.1. The van der Waals surface area contributed by atoms with Crippen LogP contribution >= 0.6 is 12.2 Å². The normalized spacial score (nSPS) is 10.0. The maximum Gasteiger partial charge on any atom is 0.251 e. The van der Waals surface area contributed by atoms with Crippen molar-refractivity contribution in [1.29, 1.82) is 0 Å². The van der Waals surface area contributed by atoms with Crippen LogP contribution in [0.1, 0.15) is 0 Å². The third kappa shape index (κ3) is 1.60. The van der Waals surface area contributed by atoms with Crippen LogP contribution in [0.2, 0.25) is 0 Å². The molecule has 0 bridgehead atoms. The fourth-order valence-electron chi connectivity index (χ4n) is 1.04. The maximum absolute atomic E-state index is 10.9. The largest absolute Gasteiger partial charge is 0.299 e. The fourth-order valence-corrected chi connectivity index (χ4v) is 1.30. The molecule has 0 saturated heterocycles. The van der Waals surface area contributed by atoms with Crippen LogP contribution in [0.15, 0.2) is 35.8 Å². The minimum atomic E-state index is -0.219. The molecule has 2 aromatic heterocycles. The molecule has 0 fully saturated rings. The predicted molar refractivity (Wildman–Crippen MR) is 52.8 cm³/mol. The SMILES string of the molecule is O=c1ccn(-c2cncnc2)c(=S)[nH]1. The first-order valence-electron chi connectivity index (χ1n) is 3.85. The lowest BCUT2D eigenvalue weighted by atomic mass is 10.5. The summed E-state index contributed by atoms with van der Waals surface area (Å²) in [7, 11) is 0. The summed E-state index contributed by atoms with van der Waals surface area (Å²) in [4.78, 5) is 21.1. The highest BCUT2D eigenvalue weighted by molar-refractivity contribution is 7.71. The molecule has 70 valence electrons. The van der Waals surface area contributed by atoms with Gasteiger partial charge in [0.25, 0.3) is 5.56 Å². The molecular formula is C8H6N4OS. The van der Waals surface area contributed by atoms with Gasteiger partial charge >= 0.3 is 0 Å². The van der Waals surface area contributed by atoms with Gasteiger partial charge in [-0.2, -0.15) is 0 Å². The van der Waals surface area contributed by atoms with E-state index in [0.29, 0.717) is 10.5 Å². The fraction of sp³-hybridized carbons (Fsp3) is 0. The zero-order valence-corrected chi connectivity index (χ0v) is 7.86. The molecular weight excluding hydrogens is 200 g/mol. The van der Waals surface area contributed by atoms with Crippen molar-refractivity contribution < 1.29 is 0 Å². The predicted octanol–water partition coefficient (Wildman–Crippen LogP) is 0.685. The Morgan fingerprint density at radius 2 is 2.07 bits per heavy atom. The topological polar surface area (TPSA) is 63.6 Å². The first-order chi connectivity index (χ1) is 6.77. The van der Waals surface area contributed by atoms with Gasteiger partial charge in [-0.1, -0.05) is 0 Å². The zero-order valence-electron chi connectivity index (χ0n) is 7.04. The quantitative estimate of drug-likeness (QED) is 0.697. The van der Waals surface area contributed by atoms with Crippen LogP contribution in [0.4, 0.5) is 0 Å². The Kier molecular flexibility index (Phi) is 2.19. The van der Waals surface area contributed by atoms with Crippen molar-refractivity contribution in [2.24, 2.45) is 0 Å². The molecule has 0 aliphatic rings. The van der Waals surface area contributed by atoms with Crippen LogP contribution in [0.5, 0.6) is 0 Å². The maximum atomic E-state index is 10.9. The summed E-state index contributed by atoms with van der Waals surface area (Å²) < 4.78 is 1.95. The Bertz CT molecular complexity index is 545. The Labute approximate surface area is 84.1 Å². The molecule has 6 heteroatoms. The first-order valence-corrected chi connectivity index (χ1v) is 4.25. The van der Waals surface area contributed by atoms with Crippen molar-refractivity contribution >= 4 is 12.2 Å². The first kappa shape index (κ1) is 8.76. The van der Waals surface area contributed by atoms with Gasteiger partial charge in [-0.05, 0) is 12.2 Å². The van der Waals surface area contributed by atoms with Crippen molar-refractivity contribution in [3.63, 3.8) is 0 Å². The molecule has 0 aliphatic carbocycles. The molecule has 0 radical (unpaired) electrons. The van der Waals surface area contributed by atoms with E-state index in [1.54, 1.807) is 23.2 Å². The van der Waals surface area contributed by atoms with E-state index in [9.17, 15) is 4.79 Å². The monoisotopic (exact) mass is 206 g/mol. The molecule has 0 aromatic carbocycles. The summed E-state index contributed by atoms with van der Waals surface area (Å²) >= 11 is 4.97. The van der Waals surface area contributed by atoms with E-state index in [1.165, 1.54) is 12.4 Å². The summed E-state index contributed by atoms with van der Waals surface area (Å²) in [6, 6.07) is 1.39. The molecule has 0 saturated carbocycles. The molecule has 1 N–H and O–H groups in total. The lowest BCUT2D eigenvalue weighted by Crippen LogP contribution is -2.09. The van der Waals surface area contributed by atoms with E-state index in [1.807, 2.05) is 0 Å². The van der Waals surface area contributed by atoms with Crippen LogP contribution in [-0.4, -0.2) is 19.5 Å². The van der Waals surface area contributed by atoms with Crippen molar-refractivity contribution in [2.45, 2.75) is 0 Å². The minimum Gasteiger partial charge on any atom is -0.299 e. The highest BCUT2D eigenvalue weighted by Gasteiger charge is 1.96. The second-order valence-electron chi connectivity index (χ2n) is 2.58. The standard InChI is InChI=1S/C8H6N4OS/c13-7-1-2-12(8(14)11-7)6-3-9-5-10-4-6/h1-5H,(H,11,13,14). The van der Waals surface area contributed by atoms with E-state index >= 15 is 0 Å². The van der Waals surface area contributed by atoms with Gasteiger partial charge in [0.2, 0.25) is 0 Å². The second-order valence-corrected chi connectivity index (χ2v) is 2.96. The van der Waals surface area contributed by atoms with E-state index in [2.05, 4.69) is 15.0 Å².